The zero-order valence-electron chi connectivity index (χ0n) is 12.2. The largest absolute Gasteiger partial charge is 0.339 e. The molecule has 3 heterocycles. The first-order valence-electron chi connectivity index (χ1n) is 8.32. The maximum absolute atomic E-state index is 12.1. The summed E-state index contributed by atoms with van der Waals surface area (Å²) in [5, 5.41) is 3.45. The minimum Gasteiger partial charge on any atom is -0.339 e. The number of carbonyl (C=O) groups is 1. The Labute approximate surface area is 124 Å². The van der Waals surface area contributed by atoms with Crippen molar-refractivity contribution in [3.8, 4) is 0 Å². The molecule has 5 nitrogen and oxygen atoms in total. The summed E-state index contributed by atoms with van der Waals surface area (Å²) in [7, 11) is 0. The summed E-state index contributed by atoms with van der Waals surface area (Å²) in [6.45, 7) is 4.23. The van der Waals surface area contributed by atoms with Gasteiger partial charge in [-0.05, 0) is 37.8 Å². The summed E-state index contributed by atoms with van der Waals surface area (Å²) in [6, 6.07) is 0.568. The molecule has 2 aliphatic carbocycles. The quantitative estimate of drug-likeness (QED) is 0.892. The van der Waals surface area contributed by atoms with Gasteiger partial charge in [0.15, 0.2) is 0 Å². The van der Waals surface area contributed by atoms with Gasteiger partial charge in [0.1, 0.15) is 5.82 Å². The Morgan fingerprint density at radius 2 is 2.10 bits per heavy atom. The number of nitrogens with one attached hydrogen (secondary N) is 1. The summed E-state index contributed by atoms with van der Waals surface area (Å²) < 4.78 is 2.33. The van der Waals surface area contributed by atoms with Gasteiger partial charge in [0.05, 0.1) is 0 Å². The topological polar surface area (TPSA) is 50.2 Å². The Bertz CT molecular complexity index is 569. The molecule has 2 unspecified atom stereocenters. The van der Waals surface area contributed by atoms with Gasteiger partial charge in [-0.15, -0.1) is 0 Å². The molecule has 2 saturated carbocycles. The molecule has 1 amide bonds. The van der Waals surface area contributed by atoms with Crippen molar-refractivity contribution < 1.29 is 4.79 Å². The number of rotatable bonds is 4. The van der Waals surface area contributed by atoms with E-state index in [0.29, 0.717) is 23.8 Å². The Morgan fingerprint density at radius 1 is 1.29 bits per heavy atom. The van der Waals surface area contributed by atoms with Crippen molar-refractivity contribution in [3.63, 3.8) is 0 Å². The third kappa shape index (κ3) is 1.94. The van der Waals surface area contributed by atoms with E-state index in [2.05, 4.69) is 26.0 Å². The summed E-state index contributed by atoms with van der Waals surface area (Å²) in [5.41, 5.74) is 0. The fraction of sp³-hybridized carbons (Fsp3) is 0.750. The van der Waals surface area contributed by atoms with Crippen molar-refractivity contribution in [2.75, 3.05) is 19.6 Å². The number of amides is 1. The molecule has 1 N–H and O–H groups in total. The summed E-state index contributed by atoms with van der Waals surface area (Å²) >= 11 is 0. The van der Waals surface area contributed by atoms with E-state index in [1.165, 1.54) is 18.7 Å². The number of aromatic nitrogens is 2. The number of fused-ring (bicyclic) bond motifs is 1. The van der Waals surface area contributed by atoms with E-state index in [0.717, 1.165) is 44.4 Å². The Kier molecular flexibility index (Phi) is 2.51. The van der Waals surface area contributed by atoms with Crippen molar-refractivity contribution >= 4 is 5.91 Å². The van der Waals surface area contributed by atoms with Crippen LogP contribution in [0.2, 0.25) is 0 Å². The smallest absolute Gasteiger partial charge is 0.223 e. The van der Waals surface area contributed by atoms with Crippen molar-refractivity contribution in [3.05, 3.63) is 18.2 Å². The van der Waals surface area contributed by atoms with E-state index < -0.39 is 0 Å². The summed E-state index contributed by atoms with van der Waals surface area (Å²) in [6.07, 6.45) is 7.21. The van der Waals surface area contributed by atoms with Gasteiger partial charge in [-0.3, -0.25) is 4.79 Å². The number of likely N-dealkylation sites (tertiary alicyclic amines) is 1. The van der Waals surface area contributed by atoms with Crippen LogP contribution >= 0.6 is 0 Å². The SMILES string of the molecule is O=C1CC(Cn2ccnc2C2[C@H]3CNC[C@@H]23)CN1C1CC1. The van der Waals surface area contributed by atoms with Gasteiger partial charge >= 0.3 is 0 Å². The van der Waals surface area contributed by atoms with Crippen LogP contribution in [0.3, 0.4) is 0 Å². The number of hydrogen-bond donors (Lipinski definition) is 1. The molecule has 21 heavy (non-hydrogen) atoms. The van der Waals surface area contributed by atoms with Crippen LogP contribution in [0, 0.1) is 17.8 Å². The van der Waals surface area contributed by atoms with Crippen LogP contribution in [0.1, 0.15) is 31.0 Å². The molecule has 1 aromatic rings. The Hall–Kier alpha value is -1.36. The molecule has 5 rings (SSSR count). The van der Waals surface area contributed by atoms with Gasteiger partial charge in [-0.1, -0.05) is 0 Å². The molecule has 0 bridgehead atoms. The highest BCUT2D eigenvalue weighted by Gasteiger charge is 2.55. The van der Waals surface area contributed by atoms with E-state index in [-0.39, 0.29) is 0 Å². The molecule has 2 aliphatic heterocycles. The van der Waals surface area contributed by atoms with Crippen LogP contribution in [0.5, 0.6) is 0 Å². The number of nitrogens with zero attached hydrogens (tertiary/aromatic N) is 3. The van der Waals surface area contributed by atoms with Crippen LogP contribution in [0.25, 0.3) is 0 Å². The maximum atomic E-state index is 12.1. The molecule has 1 aromatic heterocycles. The van der Waals surface area contributed by atoms with Gasteiger partial charge < -0.3 is 14.8 Å². The van der Waals surface area contributed by atoms with Crippen LogP contribution in [0.4, 0.5) is 0 Å². The minimum atomic E-state index is 0.372. The average Bonchev–Trinajstić information content (AvgIpc) is 3.26. The molecule has 4 fully saturated rings. The highest BCUT2D eigenvalue weighted by Crippen LogP contribution is 2.55. The second-order valence-corrected chi connectivity index (χ2v) is 7.30. The van der Waals surface area contributed by atoms with Crippen molar-refractivity contribution in [2.45, 2.75) is 37.8 Å². The number of imidazole rings is 1. The lowest BCUT2D eigenvalue weighted by molar-refractivity contribution is -0.128. The minimum absolute atomic E-state index is 0.372. The molecule has 4 aliphatic rings. The van der Waals surface area contributed by atoms with Crippen LogP contribution < -0.4 is 5.32 Å². The van der Waals surface area contributed by atoms with Crippen molar-refractivity contribution in [1.82, 2.24) is 19.8 Å². The number of hydrogen-bond acceptors (Lipinski definition) is 3. The van der Waals surface area contributed by atoms with Gasteiger partial charge in [0, 0.05) is 49.8 Å². The van der Waals surface area contributed by atoms with Crippen LogP contribution in [0.15, 0.2) is 12.4 Å². The molecular formula is C16H22N4O. The van der Waals surface area contributed by atoms with Crippen LogP contribution in [-0.4, -0.2) is 46.0 Å². The molecule has 4 atom stereocenters. The van der Waals surface area contributed by atoms with Gasteiger partial charge in [0.25, 0.3) is 0 Å². The fourth-order valence-electron chi connectivity index (χ4n) is 4.52. The van der Waals surface area contributed by atoms with E-state index >= 15 is 0 Å². The van der Waals surface area contributed by atoms with Crippen molar-refractivity contribution in [1.29, 1.82) is 0 Å². The predicted octanol–water partition coefficient (Wildman–Crippen LogP) is 0.827. The molecule has 0 aromatic carbocycles. The van der Waals surface area contributed by atoms with Crippen molar-refractivity contribution in [2.24, 2.45) is 17.8 Å². The Morgan fingerprint density at radius 3 is 2.86 bits per heavy atom. The second-order valence-electron chi connectivity index (χ2n) is 7.30. The van der Waals surface area contributed by atoms with Gasteiger partial charge in [0.2, 0.25) is 5.91 Å². The normalized spacial score (nSPS) is 38.1. The first-order chi connectivity index (χ1) is 10.3. The summed E-state index contributed by atoms with van der Waals surface area (Å²) in [4.78, 5) is 18.8. The molecule has 112 valence electrons. The lowest BCUT2D eigenvalue weighted by atomic mass is 10.1. The molecule has 0 radical (unpaired) electrons. The number of piperidine rings is 1. The third-order valence-electron chi connectivity index (χ3n) is 5.82. The van der Waals surface area contributed by atoms with Gasteiger partial charge in [-0.2, -0.15) is 0 Å². The van der Waals surface area contributed by atoms with Gasteiger partial charge in [-0.25, -0.2) is 4.98 Å². The van der Waals surface area contributed by atoms with Crippen LogP contribution in [-0.2, 0) is 11.3 Å². The first-order valence-corrected chi connectivity index (χ1v) is 8.32. The molecule has 5 heteroatoms. The molecular weight excluding hydrogens is 264 g/mol. The lowest BCUT2D eigenvalue weighted by Crippen LogP contribution is -2.27. The zero-order chi connectivity index (χ0) is 14.0. The fourth-order valence-corrected chi connectivity index (χ4v) is 4.52. The summed E-state index contributed by atoms with van der Waals surface area (Å²) in [5.74, 6) is 4.39. The highest BCUT2D eigenvalue weighted by atomic mass is 16.2. The maximum Gasteiger partial charge on any atom is 0.223 e. The Balaban J connectivity index is 1.29. The average molecular weight is 286 g/mol. The zero-order valence-corrected chi connectivity index (χ0v) is 12.2. The van der Waals surface area contributed by atoms with E-state index in [9.17, 15) is 4.79 Å². The van der Waals surface area contributed by atoms with E-state index in [4.69, 9.17) is 0 Å². The van der Waals surface area contributed by atoms with E-state index in [1.54, 1.807) is 0 Å². The third-order valence-corrected chi connectivity index (χ3v) is 5.82. The monoisotopic (exact) mass is 286 g/mol. The first kappa shape index (κ1) is 12.2. The molecule has 0 spiro atoms. The lowest BCUT2D eigenvalue weighted by Gasteiger charge is -2.16. The second kappa shape index (κ2) is 4.32. The predicted molar refractivity (Wildman–Crippen MR) is 77.7 cm³/mol. The standard InChI is InChI=1S/C16H22N4O/c21-14-5-10(9-20(14)11-1-2-11)8-19-4-3-18-16(19)15-12-6-17-7-13(12)15/h3-4,10-13,15,17H,1-2,5-9H2/t10?,12-,13+,15?. The highest BCUT2D eigenvalue weighted by molar-refractivity contribution is 5.79. The number of carbonyl (C=O) groups excluding carboxylic acids is 1. The molecule has 2 saturated heterocycles. The van der Waals surface area contributed by atoms with E-state index in [1.807, 2.05) is 6.20 Å².